The predicted octanol–water partition coefficient (Wildman–Crippen LogP) is 1.58. The van der Waals surface area contributed by atoms with E-state index in [1.807, 2.05) is 6.07 Å². The number of nitrogens with one attached hydrogen (secondary N) is 1. The van der Waals surface area contributed by atoms with Gasteiger partial charge in [0, 0.05) is 17.8 Å². The molecule has 0 atom stereocenters. The number of hydrogen-bond acceptors (Lipinski definition) is 2. The molecule has 1 aliphatic rings. The van der Waals surface area contributed by atoms with Gasteiger partial charge in [-0.2, -0.15) is 5.26 Å². The summed E-state index contributed by atoms with van der Waals surface area (Å²) < 4.78 is 0. The van der Waals surface area contributed by atoms with Gasteiger partial charge in [0.2, 0.25) is 5.82 Å². The Bertz CT molecular complexity index is 282. The lowest BCUT2D eigenvalue weighted by Gasteiger charge is -1.84. The maximum Gasteiger partial charge on any atom is 0.210 e. The van der Waals surface area contributed by atoms with E-state index in [4.69, 9.17) is 5.26 Å². The van der Waals surface area contributed by atoms with Crippen molar-refractivity contribution in [3.05, 3.63) is 17.7 Å². The molecule has 1 saturated carbocycles. The van der Waals surface area contributed by atoms with E-state index in [2.05, 4.69) is 9.97 Å². The molecule has 3 nitrogen and oxygen atoms in total. The van der Waals surface area contributed by atoms with Gasteiger partial charge in [-0.15, -0.1) is 12.4 Å². The number of H-pyrrole nitrogens is 1. The average Bonchev–Trinajstić information content (AvgIpc) is 2.70. The summed E-state index contributed by atoms with van der Waals surface area (Å²) in [6.45, 7) is 0. The fourth-order valence-corrected chi connectivity index (χ4v) is 0.994. The Hall–Kier alpha value is -1.01. The molecule has 1 N–H and O–H groups in total. The van der Waals surface area contributed by atoms with Crippen molar-refractivity contribution in [3.63, 3.8) is 0 Å². The van der Waals surface area contributed by atoms with Crippen molar-refractivity contribution in [3.8, 4) is 6.07 Å². The number of imidazole rings is 1. The molecule has 11 heavy (non-hydrogen) atoms. The molecule has 1 aromatic rings. The van der Waals surface area contributed by atoms with Crippen LogP contribution in [0.5, 0.6) is 0 Å². The van der Waals surface area contributed by atoms with Crippen LogP contribution in [-0.2, 0) is 0 Å². The Balaban J connectivity index is 0.000000605. The molecular formula is C7H8ClN3. The second kappa shape index (κ2) is 2.93. The second-order valence-corrected chi connectivity index (χ2v) is 2.57. The first-order chi connectivity index (χ1) is 4.90. The van der Waals surface area contributed by atoms with E-state index < -0.39 is 0 Å². The van der Waals surface area contributed by atoms with Gasteiger partial charge in [-0.25, -0.2) is 4.98 Å². The standard InChI is InChI=1S/C7H7N3.ClH/c8-3-7-9-4-6(10-7)5-1-2-5;/h4-5H,1-2H2,(H,9,10);1H. The van der Waals surface area contributed by atoms with Crippen molar-refractivity contribution in [1.29, 1.82) is 5.26 Å². The predicted molar refractivity (Wildman–Crippen MR) is 42.5 cm³/mol. The Labute approximate surface area is 70.9 Å². The van der Waals surface area contributed by atoms with Crippen molar-refractivity contribution in [2.75, 3.05) is 0 Å². The molecule has 58 valence electrons. The Kier molecular flexibility index (Phi) is 2.16. The summed E-state index contributed by atoms with van der Waals surface area (Å²) in [7, 11) is 0. The van der Waals surface area contributed by atoms with Crippen LogP contribution in [0.4, 0.5) is 0 Å². The summed E-state index contributed by atoms with van der Waals surface area (Å²) in [6, 6.07) is 1.96. The smallest absolute Gasteiger partial charge is 0.210 e. The number of aromatic nitrogens is 2. The molecule has 0 unspecified atom stereocenters. The highest BCUT2D eigenvalue weighted by molar-refractivity contribution is 5.85. The fourth-order valence-electron chi connectivity index (χ4n) is 0.994. The van der Waals surface area contributed by atoms with Crippen molar-refractivity contribution in [1.82, 2.24) is 9.97 Å². The van der Waals surface area contributed by atoms with Crippen molar-refractivity contribution >= 4 is 12.4 Å². The zero-order valence-electron chi connectivity index (χ0n) is 5.87. The van der Waals surface area contributed by atoms with Gasteiger partial charge >= 0.3 is 0 Å². The van der Waals surface area contributed by atoms with Gasteiger partial charge in [0.25, 0.3) is 0 Å². The van der Waals surface area contributed by atoms with Gasteiger partial charge in [-0.3, -0.25) is 0 Å². The molecule has 1 fully saturated rings. The van der Waals surface area contributed by atoms with Crippen LogP contribution in [0.2, 0.25) is 0 Å². The second-order valence-electron chi connectivity index (χ2n) is 2.57. The maximum atomic E-state index is 8.41. The molecule has 0 aliphatic heterocycles. The lowest BCUT2D eigenvalue weighted by Crippen LogP contribution is -1.78. The maximum absolute atomic E-state index is 8.41. The van der Waals surface area contributed by atoms with E-state index in [1.54, 1.807) is 6.20 Å². The molecule has 1 aliphatic carbocycles. The molecule has 4 heteroatoms. The van der Waals surface area contributed by atoms with Crippen LogP contribution in [0.1, 0.15) is 30.3 Å². The van der Waals surface area contributed by atoms with Gasteiger partial charge in [-0.05, 0) is 12.8 Å². The third-order valence-electron chi connectivity index (χ3n) is 1.72. The Morgan fingerprint density at radius 1 is 1.64 bits per heavy atom. The molecule has 0 bridgehead atoms. The number of hydrogen-bond donors (Lipinski definition) is 1. The van der Waals surface area contributed by atoms with E-state index in [1.165, 1.54) is 12.8 Å². The lowest BCUT2D eigenvalue weighted by atomic mass is 10.3. The normalized spacial score (nSPS) is 15.2. The van der Waals surface area contributed by atoms with Gasteiger partial charge in [-0.1, -0.05) is 0 Å². The average molecular weight is 170 g/mol. The third-order valence-corrected chi connectivity index (χ3v) is 1.72. The highest BCUT2D eigenvalue weighted by atomic mass is 35.5. The van der Waals surface area contributed by atoms with Gasteiger partial charge in [0.15, 0.2) is 0 Å². The lowest BCUT2D eigenvalue weighted by molar-refractivity contribution is 1.04. The highest BCUT2D eigenvalue weighted by Gasteiger charge is 2.25. The number of nitriles is 1. The van der Waals surface area contributed by atoms with Gasteiger partial charge in [0.1, 0.15) is 6.07 Å². The first-order valence-electron chi connectivity index (χ1n) is 3.35. The number of halogens is 1. The van der Waals surface area contributed by atoms with Crippen LogP contribution in [0.15, 0.2) is 6.20 Å². The van der Waals surface area contributed by atoms with E-state index in [0.717, 1.165) is 5.69 Å². The number of nitrogens with zero attached hydrogens (tertiary/aromatic N) is 2. The first-order valence-corrected chi connectivity index (χ1v) is 3.35. The largest absolute Gasteiger partial charge is 0.333 e. The van der Waals surface area contributed by atoms with Crippen LogP contribution < -0.4 is 0 Å². The van der Waals surface area contributed by atoms with Crippen molar-refractivity contribution < 1.29 is 0 Å². The molecule has 1 heterocycles. The molecule has 0 amide bonds. The summed E-state index contributed by atoms with van der Waals surface area (Å²) in [5.74, 6) is 1.09. The van der Waals surface area contributed by atoms with Crippen LogP contribution in [0.25, 0.3) is 0 Å². The molecule has 0 aromatic carbocycles. The molecule has 1 aromatic heterocycles. The van der Waals surface area contributed by atoms with Gasteiger partial charge < -0.3 is 4.98 Å². The quantitative estimate of drug-likeness (QED) is 0.694. The minimum atomic E-state index is 0. The number of rotatable bonds is 1. The number of aromatic amines is 1. The van der Waals surface area contributed by atoms with Crippen LogP contribution >= 0.6 is 12.4 Å². The van der Waals surface area contributed by atoms with Crippen LogP contribution in [-0.4, -0.2) is 9.97 Å². The van der Waals surface area contributed by atoms with E-state index in [9.17, 15) is 0 Å². The van der Waals surface area contributed by atoms with E-state index in [0.29, 0.717) is 11.7 Å². The third kappa shape index (κ3) is 1.52. The Morgan fingerprint density at radius 2 is 2.36 bits per heavy atom. The molecule has 0 saturated heterocycles. The van der Waals surface area contributed by atoms with E-state index >= 15 is 0 Å². The summed E-state index contributed by atoms with van der Waals surface area (Å²) in [5, 5.41) is 8.41. The van der Waals surface area contributed by atoms with Crippen LogP contribution in [0.3, 0.4) is 0 Å². The SMILES string of the molecule is Cl.N#Cc1ncc(C2CC2)[nH]1. The zero-order chi connectivity index (χ0) is 6.97. The first kappa shape index (κ1) is 8.09. The summed E-state index contributed by atoms with van der Waals surface area (Å²) in [5.41, 5.74) is 1.12. The summed E-state index contributed by atoms with van der Waals surface area (Å²) in [4.78, 5) is 6.83. The topological polar surface area (TPSA) is 52.5 Å². The van der Waals surface area contributed by atoms with Crippen molar-refractivity contribution in [2.45, 2.75) is 18.8 Å². The molecular weight excluding hydrogens is 162 g/mol. The van der Waals surface area contributed by atoms with Crippen molar-refractivity contribution in [2.24, 2.45) is 0 Å². The minimum Gasteiger partial charge on any atom is -0.333 e. The highest BCUT2D eigenvalue weighted by Crippen LogP contribution is 2.38. The van der Waals surface area contributed by atoms with Gasteiger partial charge in [0.05, 0.1) is 0 Å². The van der Waals surface area contributed by atoms with Crippen LogP contribution in [0, 0.1) is 11.3 Å². The van der Waals surface area contributed by atoms with E-state index in [-0.39, 0.29) is 12.4 Å². The minimum absolute atomic E-state index is 0. The molecule has 2 rings (SSSR count). The Morgan fingerprint density at radius 3 is 2.82 bits per heavy atom. The summed E-state index contributed by atoms with van der Waals surface area (Å²) >= 11 is 0. The molecule has 0 radical (unpaired) electrons. The summed E-state index contributed by atoms with van der Waals surface area (Å²) in [6.07, 6.45) is 4.25. The monoisotopic (exact) mass is 169 g/mol. The zero-order valence-corrected chi connectivity index (χ0v) is 6.69. The molecule has 0 spiro atoms. The fraction of sp³-hybridized carbons (Fsp3) is 0.429.